The molecule has 0 saturated carbocycles. The number of halogens is 4. The van der Waals surface area contributed by atoms with Gasteiger partial charge in [0.15, 0.2) is 11.5 Å². The summed E-state index contributed by atoms with van der Waals surface area (Å²) < 4.78 is 57.4. The van der Waals surface area contributed by atoms with Crippen molar-refractivity contribution in [2.75, 3.05) is 13.7 Å². The molecular weight excluding hydrogens is 368 g/mol. The van der Waals surface area contributed by atoms with Gasteiger partial charge in [-0.1, -0.05) is 0 Å². The number of methoxy groups -OCH3 is 1. The highest BCUT2D eigenvalue weighted by Gasteiger charge is 2.35. The number of aromatic nitrogens is 3. The first kappa shape index (κ1) is 17.4. The van der Waals surface area contributed by atoms with Crippen LogP contribution in [0.5, 0.6) is 5.75 Å². The lowest BCUT2D eigenvalue weighted by Gasteiger charge is -2.26. The molecule has 0 saturated heterocycles. The van der Waals surface area contributed by atoms with Gasteiger partial charge < -0.3 is 14.6 Å². The van der Waals surface area contributed by atoms with Gasteiger partial charge in [-0.15, -0.1) is 0 Å². The summed E-state index contributed by atoms with van der Waals surface area (Å²) in [5, 5.41) is 5.90. The zero-order valence-electron chi connectivity index (χ0n) is 14.1. The second-order valence-electron chi connectivity index (χ2n) is 6.26. The maximum Gasteiger partial charge on any atom is 0.432 e. The van der Waals surface area contributed by atoms with Crippen molar-refractivity contribution in [1.82, 2.24) is 20.1 Å². The molecule has 1 aromatic carbocycles. The zero-order valence-corrected chi connectivity index (χ0v) is 14.1. The van der Waals surface area contributed by atoms with Crippen LogP contribution in [-0.4, -0.2) is 39.6 Å². The van der Waals surface area contributed by atoms with Crippen molar-refractivity contribution >= 4 is 16.8 Å². The lowest BCUT2D eigenvalue weighted by atomic mass is 10.0. The number of nitrogens with one attached hydrogen (secondary N) is 2. The van der Waals surface area contributed by atoms with E-state index in [2.05, 4.69) is 10.1 Å². The van der Waals surface area contributed by atoms with E-state index in [1.807, 2.05) is 5.10 Å². The van der Waals surface area contributed by atoms with Gasteiger partial charge in [0.05, 0.1) is 12.6 Å². The van der Waals surface area contributed by atoms with Gasteiger partial charge in [-0.3, -0.25) is 9.89 Å². The van der Waals surface area contributed by atoms with Crippen LogP contribution in [0, 0.1) is 5.82 Å². The molecule has 2 N–H and O–H groups in total. The lowest BCUT2D eigenvalue weighted by Crippen LogP contribution is -2.36. The van der Waals surface area contributed by atoms with E-state index in [0.717, 1.165) is 5.69 Å². The molecule has 4 rings (SSSR count). The monoisotopic (exact) mass is 382 g/mol. The predicted molar refractivity (Wildman–Crippen MR) is 86.8 cm³/mol. The number of amides is 1. The molecule has 142 valence electrons. The third kappa shape index (κ3) is 2.90. The number of fused-ring (bicyclic) bond motifs is 3. The highest BCUT2D eigenvalue weighted by molar-refractivity contribution is 5.93. The SMILES string of the molecule is COc1cc(F)c2[nH]c3c(c2c1)CN(C(=O)c1cc(C(F)(F)F)[nH]n1)CC3. The van der Waals surface area contributed by atoms with Gasteiger partial charge in [-0.2, -0.15) is 18.3 Å². The first-order chi connectivity index (χ1) is 12.8. The fraction of sp³-hybridized carbons (Fsp3) is 0.294. The number of hydrogen-bond donors (Lipinski definition) is 2. The molecule has 0 fully saturated rings. The first-order valence-corrected chi connectivity index (χ1v) is 8.06. The molecule has 1 aliphatic heterocycles. The first-order valence-electron chi connectivity index (χ1n) is 8.06. The summed E-state index contributed by atoms with van der Waals surface area (Å²) in [5.74, 6) is -0.753. The number of H-pyrrole nitrogens is 2. The summed E-state index contributed by atoms with van der Waals surface area (Å²) in [6.07, 6.45) is -4.18. The van der Waals surface area contributed by atoms with Crippen molar-refractivity contribution in [3.05, 3.63) is 46.7 Å². The molecule has 0 radical (unpaired) electrons. The van der Waals surface area contributed by atoms with Crippen molar-refractivity contribution in [3.63, 3.8) is 0 Å². The van der Waals surface area contributed by atoms with E-state index >= 15 is 0 Å². The molecule has 10 heteroatoms. The van der Waals surface area contributed by atoms with Crippen LogP contribution >= 0.6 is 0 Å². The largest absolute Gasteiger partial charge is 0.497 e. The fourth-order valence-corrected chi connectivity index (χ4v) is 3.28. The standard InChI is InChI=1S/C17H14F4N4O2/c1-27-8-4-9-10-7-25(3-2-12(10)22-15(9)11(18)5-8)16(26)13-6-14(24-23-13)17(19,20)21/h4-6,22H,2-3,7H2,1H3,(H,23,24). The molecule has 0 atom stereocenters. The maximum atomic E-state index is 14.2. The Morgan fingerprint density at radius 2 is 2.07 bits per heavy atom. The van der Waals surface area contributed by atoms with Crippen LogP contribution in [0.15, 0.2) is 18.2 Å². The molecule has 6 nitrogen and oxygen atoms in total. The Morgan fingerprint density at radius 1 is 1.30 bits per heavy atom. The Morgan fingerprint density at radius 3 is 2.74 bits per heavy atom. The Labute approximate surface area is 150 Å². The summed E-state index contributed by atoms with van der Waals surface area (Å²) in [6, 6.07) is 3.61. The Kier molecular flexibility index (Phi) is 3.86. The number of benzene rings is 1. The Hall–Kier alpha value is -3.04. The normalized spacial score (nSPS) is 14.5. The summed E-state index contributed by atoms with van der Waals surface area (Å²) in [4.78, 5) is 17.0. The number of rotatable bonds is 2. The van der Waals surface area contributed by atoms with Crippen LogP contribution in [0.4, 0.5) is 17.6 Å². The topological polar surface area (TPSA) is 74.0 Å². The summed E-state index contributed by atoms with van der Waals surface area (Å²) in [7, 11) is 1.42. The zero-order chi connectivity index (χ0) is 19.3. The van der Waals surface area contributed by atoms with Crippen molar-refractivity contribution in [3.8, 4) is 5.75 Å². The second-order valence-corrected chi connectivity index (χ2v) is 6.26. The van der Waals surface area contributed by atoms with Crippen molar-refractivity contribution in [1.29, 1.82) is 0 Å². The van der Waals surface area contributed by atoms with Crippen LogP contribution in [0.25, 0.3) is 10.9 Å². The summed E-state index contributed by atoms with van der Waals surface area (Å²) >= 11 is 0. The van der Waals surface area contributed by atoms with Gasteiger partial charge in [0.1, 0.15) is 11.4 Å². The van der Waals surface area contributed by atoms with Crippen molar-refractivity contribution in [2.24, 2.45) is 0 Å². The molecule has 2 aromatic heterocycles. The molecule has 0 bridgehead atoms. The fourth-order valence-electron chi connectivity index (χ4n) is 3.28. The number of carbonyl (C=O) groups is 1. The molecule has 3 aromatic rings. The van der Waals surface area contributed by atoms with Gasteiger partial charge in [-0.05, 0) is 6.07 Å². The van der Waals surface area contributed by atoms with Crippen LogP contribution < -0.4 is 4.74 Å². The van der Waals surface area contributed by atoms with E-state index in [1.165, 1.54) is 18.1 Å². The van der Waals surface area contributed by atoms with Crippen molar-refractivity contribution in [2.45, 2.75) is 19.1 Å². The minimum Gasteiger partial charge on any atom is -0.497 e. The lowest BCUT2D eigenvalue weighted by molar-refractivity contribution is -0.141. The average Bonchev–Trinajstić information content (AvgIpc) is 3.25. The Bertz CT molecular complexity index is 1040. The van der Waals surface area contributed by atoms with Crippen molar-refractivity contribution < 1.29 is 27.1 Å². The smallest absolute Gasteiger partial charge is 0.432 e. The quantitative estimate of drug-likeness (QED) is 0.669. The molecular formula is C17H14F4N4O2. The maximum absolute atomic E-state index is 14.2. The summed E-state index contributed by atoms with van der Waals surface area (Å²) in [5.41, 5.74) is 0.430. The molecule has 1 aliphatic rings. The molecule has 1 amide bonds. The van der Waals surface area contributed by atoms with E-state index in [9.17, 15) is 22.4 Å². The van der Waals surface area contributed by atoms with Crippen LogP contribution in [0.1, 0.15) is 27.4 Å². The average molecular weight is 382 g/mol. The molecule has 0 aliphatic carbocycles. The number of nitrogens with zero attached hydrogens (tertiary/aromatic N) is 2. The number of hydrogen-bond acceptors (Lipinski definition) is 3. The highest BCUT2D eigenvalue weighted by Crippen LogP contribution is 2.33. The Balaban J connectivity index is 1.66. The van der Waals surface area contributed by atoms with E-state index in [-0.39, 0.29) is 18.8 Å². The predicted octanol–water partition coefficient (Wildman–Crippen LogP) is 3.26. The van der Waals surface area contributed by atoms with Crippen LogP contribution in [-0.2, 0) is 19.1 Å². The van der Waals surface area contributed by atoms with E-state index in [4.69, 9.17) is 4.74 Å². The van der Waals surface area contributed by atoms with Gasteiger partial charge in [-0.25, -0.2) is 4.39 Å². The number of ether oxygens (including phenoxy) is 1. The number of carbonyl (C=O) groups excluding carboxylic acids is 1. The third-order valence-electron chi connectivity index (χ3n) is 4.64. The molecule has 27 heavy (non-hydrogen) atoms. The van der Waals surface area contributed by atoms with E-state index < -0.39 is 23.6 Å². The van der Waals surface area contributed by atoms with Gasteiger partial charge in [0.25, 0.3) is 5.91 Å². The third-order valence-corrected chi connectivity index (χ3v) is 4.64. The van der Waals surface area contributed by atoms with Gasteiger partial charge >= 0.3 is 6.18 Å². The van der Waals surface area contributed by atoms with Crippen LogP contribution in [0.2, 0.25) is 0 Å². The van der Waals surface area contributed by atoms with Gasteiger partial charge in [0, 0.05) is 48.3 Å². The molecule has 0 unspecified atom stereocenters. The number of alkyl halides is 3. The second kappa shape index (κ2) is 6.00. The van der Waals surface area contributed by atoms with E-state index in [1.54, 1.807) is 6.07 Å². The summed E-state index contributed by atoms with van der Waals surface area (Å²) in [6.45, 7) is 0.417. The molecule has 3 heterocycles. The minimum absolute atomic E-state index is 0.134. The highest BCUT2D eigenvalue weighted by atomic mass is 19.4. The van der Waals surface area contributed by atoms with Gasteiger partial charge in [0.2, 0.25) is 0 Å². The molecule has 0 spiro atoms. The van der Waals surface area contributed by atoms with E-state index in [0.29, 0.717) is 34.7 Å². The van der Waals surface area contributed by atoms with Crippen LogP contribution in [0.3, 0.4) is 0 Å². The number of aromatic amines is 2. The minimum atomic E-state index is -4.61.